The molecule has 0 radical (unpaired) electrons. The van der Waals surface area contributed by atoms with E-state index in [0.29, 0.717) is 5.02 Å². The van der Waals surface area contributed by atoms with Crippen LogP contribution in [0.2, 0.25) is 5.02 Å². The van der Waals surface area contributed by atoms with Gasteiger partial charge in [-0.15, -0.1) is 0 Å². The first kappa shape index (κ1) is 16.2. The average molecular weight is 302 g/mol. The Labute approximate surface area is 121 Å². The summed E-state index contributed by atoms with van der Waals surface area (Å²) in [6.07, 6.45) is -0.430. The second-order valence-electron chi connectivity index (χ2n) is 4.78. The van der Waals surface area contributed by atoms with E-state index in [9.17, 15) is 14.9 Å². The Kier molecular flexibility index (Phi) is 4.91. The molecule has 0 aromatic heterocycles. The van der Waals surface area contributed by atoms with E-state index < -0.39 is 22.5 Å². The number of nitrogens with zero attached hydrogens (tertiary/aromatic N) is 1. The molecular weight excluding hydrogens is 286 g/mol. The van der Waals surface area contributed by atoms with Gasteiger partial charge in [-0.25, -0.2) is 0 Å². The lowest BCUT2D eigenvalue weighted by atomic mass is 9.95. The molecule has 1 aromatic carbocycles. The molecule has 0 fully saturated rings. The van der Waals surface area contributed by atoms with Gasteiger partial charge < -0.3 is 16.2 Å². The highest BCUT2D eigenvalue weighted by molar-refractivity contribution is 6.30. The highest BCUT2D eigenvalue weighted by Crippen LogP contribution is 2.31. The number of rotatable bonds is 6. The number of ether oxygens (including phenoxy) is 1. The number of halogens is 1. The summed E-state index contributed by atoms with van der Waals surface area (Å²) in [4.78, 5) is 21.5. The number of nitro groups is 1. The Morgan fingerprint density at radius 1 is 1.60 bits per heavy atom. The maximum atomic E-state index is 11.2. The predicted octanol–water partition coefficient (Wildman–Crippen LogP) is 1.61. The van der Waals surface area contributed by atoms with Gasteiger partial charge >= 0.3 is 5.69 Å². The second kappa shape index (κ2) is 6.06. The molecule has 0 spiro atoms. The smallest absolute Gasteiger partial charge is 0.311 e. The maximum Gasteiger partial charge on any atom is 0.311 e. The van der Waals surface area contributed by atoms with Crippen LogP contribution in [0.3, 0.4) is 0 Å². The fourth-order valence-corrected chi connectivity index (χ4v) is 1.85. The molecule has 0 bridgehead atoms. The molecule has 1 aromatic rings. The number of hydrogen-bond acceptors (Lipinski definition) is 5. The number of hydrogen-bond donors (Lipinski definition) is 2. The molecule has 2 unspecified atom stereocenters. The number of carbonyl (C=O) groups excluding carboxylic acids is 1. The zero-order valence-corrected chi connectivity index (χ0v) is 11.9. The second-order valence-corrected chi connectivity index (χ2v) is 5.22. The minimum Gasteiger partial charge on any atom is -0.484 e. The van der Waals surface area contributed by atoms with Crippen molar-refractivity contribution in [2.75, 3.05) is 0 Å². The first-order valence-electron chi connectivity index (χ1n) is 5.83. The first-order chi connectivity index (χ1) is 9.13. The number of amides is 1. The van der Waals surface area contributed by atoms with Crippen LogP contribution in [0.5, 0.6) is 5.75 Å². The van der Waals surface area contributed by atoms with Gasteiger partial charge in [-0.1, -0.05) is 11.6 Å². The molecule has 110 valence electrons. The summed E-state index contributed by atoms with van der Waals surface area (Å²) in [6.45, 7) is 3.11. The maximum absolute atomic E-state index is 11.2. The third-order valence-corrected chi connectivity index (χ3v) is 2.96. The molecule has 0 aliphatic heterocycles. The highest BCUT2D eigenvalue weighted by atomic mass is 35.5. The topological polar surface area (TPSA) is 121 Å². The fourth-order valence-electron chi connectivity index (χ4n) is 1.69. The van der Waals surface area contributed by atoms with Crippen molar-refractivity contribution in [3.05, 3.63) is 33.3 Å². The Hall–Kier alpha value is -1.86. The fraction of sp³-hybridized carbons (Fsp3) is 0.417. The van der Waals surface area contributed by atoms with Crippen molar-refractivity contribution >= 4 is 23.2 Å². The summed E-state index contributed by atoms with van der Waals surface area (Å²) >= 11 is 5.79. The van der Waals surface area contributed by atoms with E-state index >= 15 is 0 Å². The van der Waals surface area contributed by atoms with E-state index in [1.807, 2.05) is 0 Å². The Bertz CT molecular complexity index is 533. The lowest BCUT2D eigenvalue weighted by Gasteiger charge is -2.25. The normalized spacial score (nSPS) is 15.2. The van der Waals surface area contributed by atoms with Gasteiger partial charge in [0.2, 0.25) is 5.91 Å². The minimum absolute atomic E-state index is 0.0234. The summed E-state index contributed by atoms with van der Waals surface area (Å²) in [5, 5.41) is 11.2. The highest BCUT2D eigenvalue weighted by Gasteiger charge is 2.29. The van der Waals surface area contributed by atoms with Gasteiger partial charge in [0.15, 0.2) is 5.75 Å². The van der Waals surface area contributed by atoms with E-state index in [2.05, 4.69) is 0 Å². The van der Waals surface area contributed by atoms with Crippen LogP contribution in [-0.4, -0.2) is 22.5 Å². The molecule has 4 N–H and O–H groups in total. The van der Waals surface area contributed by atoms with Crippen LogP contribution in [0.25, 0.3) is 0 Å². The van der Waals surface area contributed by atoms with Crippen LogP contribution in [0, 0.1) is 10.1 Å². The van der Waals surface area contributed by atoms with Crippen molar-refractivity contribution in [3.8, 4) is 5.75 Å². The Balaban J connectivity index is 2.90. The zero-order chi connectivity index (χ0) is 15.5. The Morgan fingerprint density at radius 2 is 2.20 bits per heavy atom. The lowest BCUT2D eigenvalue weighted by molar-refractivity contribution is -0.386. The van der Waals surface area contributed by atoms with Crippen LogP contribution < -0.4 is 16.2 Å². The predicted molar refractivity (Wildman–Crippen MR) is 74.6 cm³/mol. The molecule has 0 heterocycles. The van der Waals surface area contributed by atoms with E-state index in [1.165, 1.54) is 25.1 Å². The van der Waals surface area contributed by atoms with Crippen molar-refractivity contribution in [1.82, 2.24) is 0 Å². The van der Waals surface area contributed by atoms with E-state index in [0.717, 1.165) is 0 Å². The van der Waals surface area contributed by atoms with Gasteiger partial charge in [0.05, 0.1) is 16.6 Å². The average Bonchev–Trinajstić information content (AvgIpc) is 2.27. The van der Waals surface area contributed by atoms with Crippen molar-refractivity contribution < 1.29 is 14.5 Å². The van der Waals surface area contributed by atoms with E-state index in [1.54, 1.807) is 6.92 Å². The van der Waals surface area contributed by atoms with E-state index in [4.69, 9.17) is 27.8 Å². The molecule has 0 saturated carbocycles. The van der Waals surface area contributed by atoms with Crippen molar-refractivity contribution in [1.29, 1.82) is 0 Å². The van der Waals surface area contributed by atoms with Crippen molar-refractivity contribution in [2.24, 2.45) is 11.5 Å². The zero-order valence-electron chi connectivity index (χ0n) is 11.1. The number of primary amides is 1. The summed E-state index contributed by atoms with van der Waals surface area (Å²) < 4.78 is 5.46. The SMILES string of the molecule is CC(CC(C)(N)C(N)=O)Oc1cc(Cl)ccc1[N+](=O)[O-]. The molecule has 0 aliphatic carbocycles. The molecule has 8 heteroatoms. The van der Waals surface area contributed by atoms with Crippen molar-refractivity contribution in [2.45, 2.75) is 31.9 Å². The van der Waals surface area contributed by atoms with Crippen LogP contribution in [0.4, 0.5) is 5.69 Å². The molecule has 7 nitrogen and oxygen atoms in total. The van der Waals surface area contributed by atoms with Crippen molar-refractivity contribution in [3.63, 3.8) is 0 Å². The third-order valence-electron chi connectivity index (χ3n) is 2.72. The van der Waals surface area contributed by atoms with Crippen LogP contribution in [-0.2, 0) is 4.79 Å². The monoisotopic (exact) mass is 301 g/mol. The summed E-state index contributed by atoms with van der Waals surface area (Å²) in [7, 11) is 0. The van der Waals surface area contributed by atoms with Crippen LogP contribution in [0.15, 0.2) is 18.2 Å². The molecule has 1 rings (SSSR count). The Morgan fingerprint density at radius 3 is 2.70 bits per heavy atom. The van der Waals surface area contributed by atoms with Crippen LogP contribution >= 0.6 is 11.6 Å². The summed E-state index contributed by atoms with van der Waals surface area (Å²) in [5.41, 5.74) is 9.43. The quantitative estimate of drug-likeness (QED) is 0.610. The molecule has 0 aliphatic rings. The number of carbonyl (C=O) groups is 1. The first-order valence-corrected chi connectivity index (χ1v) is 6.20. The standard InChI is InChI=1S/C12H16ClN3O4/c1-7(6-12(2,15)11(14)17)20-10-5-8(13)3-4-9(10)16(18)19/h3-5,7H,6,15H2,1-2H3,(H2,14,17). The van der Waals surface area contributed by atoms with Gasteiger partial charge in [-0.05, 0) is 19.9 Å². The molecule has 2 atom stereocenters. The third kappa shape index (κ3) is 4.07. The minimum atomic E-state index is -1.26. The molecular formula is C12H16ClN3O4. The van der Waals surface area contributed by atoms with Crippen LogP contribution in [0.1, 0.15) is 20.3 Å². The number of nitrogens with two attached hydrogens (primary N) is 2. The number of nitro benzene ring substituents is 1. The number of benzene rings is 1. The summed E-state index contributed by atoms with van der Waals surface area (Å²) in [5.74, 6) is -0.649. The molecule has 0 saturated heterocycles. The molecule has 1 amide bonds. The van der Waals surface area contributed by atoms with E-state index in [-0.39, 0.29) is 17.9 Å². The van der Waals surface area contributed by atoms with Gasteiger partial charge in [0.1, 0.15) is 0 Å². The van der Waals surface area contributed by atoms with Gasteiger partial charge in [0.25, 0.3) is 0 Å². The molecule has 20 heavy (non-hydrogen) atoms. The lowest BCUT2D eigenvalue weighted by Crippen LogP contribution is -2.51. The largest absolute Gasteiger partial charge is 0.484 e. The van der Waals surface area contributed by atoms with Gasteiger partial charge in [-0.3, -0.25) is 14.9 Å². The van der Waals surface area contributed by atoms with Gasteiger partial charge in [-0.2, -0.15) is 0 Å². The van der Waals surface area contributed by atoms with Gasteiger partial charge in [0, 0.05) is 23.6 Å². The summed E-state index contributed by atoms with van der Waals surface area (Å²) in [6, 6.07) is 3.99.